The molecule has 0 N–H and O–H groups in total. The maximum atomic E-state index is 12.0. The lowest BCUT2D eigenvalue weighted by Gasteiger charge is -2.34. The Kier molecular flexibility index (Phi) is 5.02. The molecule has 7 heteroatoms. The van der Waals surface area contributed by atoms with E-state index in [1.807, 2.05) is 0 Å². The van der Waals surface area contributed by atoms with Crippen molar-refractivity contribution >= 4 is 11.5 Å². The molecule has 0 saturated carbocycles. The minimum atomic E-state index is -0.390. The Balaban J connectivity index is 1.46. The van der Waals surface area contributed by atoms with Gasteiger partial charge in [0.2, 0.25) is 5.78 Å². The number of carbonyl (C=O) groups is 1. The summed E-state index contributed by atoms with van der Waals surface area (Å²) in [5.74, 6) is 0.409. The van der Waals surface area contributed by atoms with E-state index in [0.717, 1.165) is 38.3 Å². The molecule has 0 bridgehead atoms. The van der Waals surface area contributed by atoms with Crippen LogP contribution in [-0.4, -0.2) is 53.2 Å². The average Bonchev–Trinajstić information content (AvgIpc) is 3.12. The van der Waals surface area contributed by atoms with Crippen LogP contribution in [0.2, 0.25) is 0 Å². The molecule has 1 aromatic heterocycles. The normalized spacial score (nSPS) is 16.2. The van der Waals surface area contributed by atoms with Crippen LogP contribution < -0.4 is 0 Å². The van der Waals surface area contributed by atoms with Gasteiger partial charge >= 0.3 is 0 Å². The number of nitro groups is 1. The number of furan rings is 1. The number of nitro benzene ring substituents is 1. The second-order valence-corrected chi connectivity index (χ2v) is 5.88. The van der Waals surface area contributed by atoms with E-state index in [1.54, 1.807) is 24.3 Å². The number of benzene rings is 1. The van der Waals surface area contributed by atoms with Crippen molar-refractivity contribution in [3.05, 3.63) is 64.1 Å². The Labute approximate surface area is 139 Å². The molecule has 1 aromatic carbocycles. The van der Waals surface area contributed by atoms with Gasteiger partial charge < -0.3 is 4.42 Å². The Morgan fingerprint density at radius 1 is 1.08 bits per heavy atom. The summed E-state index contributed by atoms with van der Waals surface area (Å²) in [6.07, 6.45) is 1.51. The van der Waals surface area contributed by atoms with Gasteiger partial charge in [0.1, 0.15) is 0 Å². The predicted octanol–water partition coefficient (Wildman–Crippen LogP) is 2.19. The molecule has 0 atom stereocenters. The van der Waals surface area contributed by atoms with Crippen molar-refractivity contribution in [3.63, 3.8) is 0 Å². The number of nitrogens with zero attached hydrogens (tertiary/aromatic N) is 3. The van der Waals surface area contributed by atoms with Gasteiger partial charge in [-0.15, -0.1) is 0 Å². The van der Waals surface area contributed by atoms with Gasteiger partial charge in [-0.3, -0.25) is 24.7 Å². The summed E-state index contributed by atoms with van der Waals surface area (Å²) in [6.45, 7) is 4.50. The third-order valence-corrected chi connectivity index (χ3v) is 4.18. The molecule has 3 rings (SSSR count). The number of hydrogen-bond acceptors (Lipinski definition) is 6. The van der Waals surface area contributed by atoms with E-state index < -0.39 is 4.92 Å². The number of hydrogen-bond donors (Lipinski definition) is 0. The first-order valence-electron chi connectivity index (χ1n) is 7.86. The fourth-order valence-electron chi connectivity index (χ4n) is 2.81. The van der Waals surface area contributed by atoms with E-state index in [4.69, 9.17) is 4.42 Å². The van der Waals surface area contributed by atoms with Crippen LogP contribution in [0, 0.1) is 10.1 Å². The lowest BCUT2D eigenvalue weighted by molar-refractivity contribution is -0.384. The van der Waals surface area contributed by atoms with Crippen LogP contribution in [0.3, 0.4) is 0 Å². The van der Waals surface area contributed by atoms with Crippen molar-refractivity contribution in [2.75, 3.05) is 32.7 Å². The smallest absolute Gasteiger partial charge is 0.269 e. The summed E-state index contributed by atoms with van der Waals surface area (Å²) in [5, 5.41) is 10.7. The van der Waals surface area contributed by atoms with Gasteiger partial charge in [0.05, 0.1) is 17.7 Å². The van der Waals surface area contributed by atoms with Gasteiger partial charge in [-0.1, -0.05) is 12.1 Å². The zero-order valence-electron chi connectivity index (χ0n) is 13.3. The van der Waals surface area contributed by atoms with Crippen LogP contribution in [0.5, 0.6) is 0 Å². The lowest BCUT2D eigenvalue weighted by Crippen LogP contribution is -2.47. The molecule has 0 amide bonds. The summed E-state index contributed by atoms with van der Waals surface area (Å²) < 4.78 is 5.13. The largest absolute Gasteiger partial charge is 0.461 e. The van der Waals surface area contributed by atoms with E-state index in [1.165, 1.54) is 18.4 Å². The number of rotatable bonds is 6. The molecule has 0 aliphatic carbocycles. The van der Waals surface area contributed by atoms with Crippen molar-refractivity contribution < 1.29 is 14.1 Å². The fourth-order valence-corrected chi connectivity index (χ4v) is 2.81. The van der Waals surface area contributed by atoms with Gasteiger partial charge in [-0.05, 0) is 17.7 Å². The molecular weight excluding hydrogens is 310 g/mol. The summed E-state index contributed by atoms with van der Waals surface area (Å²) in [6, 6.07) is 10.1. The number of ketones is 1. The minimum absolute atomic E-state index is 0.00354. The fraction of sp³-hybridized carbons (Fsp3) is 0.353. The summed E-state index contributed by atoms with van der Waals surface area (Å²) in [5.41, 5.74) is 1.17. The Bertz CT molecular complexity index is 689. The first-order chi connectivity index (χ1) is 11.6. The van der Waals surface area contributed by atoms with Crippen molar-refractivity contribution in [2.24, 2.45) is 0 Å². The highest BCUT2D eigenvalue weighted by Gasteiger charge is 2.20. The topological polar surface area (TPSA) is 79.8 Å². The van der Waals surface area contributed by atoms with Crippen LogP contribution in [0.1, 0.15) is 16.1 Å². The molecule has 2 heterocycles. The molecule has 0 spiro atoms. The highest BCUT2D eigenvalue weighted by atomic mass is 16.6. The van der Waals surface area contributed by atoms with Gasteiger partial charge in [-0.25, -0.2) is 0 Å². The second kappa shape index (κ2) is 7.37. The van der Waals surface area contributed by atoms with Crippen molar-refractivity contribution in [3.8, 4) is 0 Å². The third kappa shape index (κ3) is 4.06. The van der Waals surface area contributed by atoms with Crippen LogP contribution in [0.15, 0.2) is 47.1 Å². The van der Waals surface area contributed by atoms with Crippen molar-refractivity contribution in [1.29, 1.82) is 0 Å². The standard InChI is InChI=1S/C17H19N3O4/c21-16(17-2-1-11-24-17)13-19-9-7-18(8-10-19)12-14-3-5-15(6-4-14)20(22)23/h1-6,11H,7-10,12-13H2. The number of non-ortho nitro benzene ring substituents is 1. The Morgan fingerprint density at radius 3 is 2.33 bits per heavy atom. The van der Waals surface area contributed by atoms with Crippen molar-refractivity contribution in [2.45, 2.75) is 6.54 Å². The van der Waals surface area contributed by atoms with E-state index in [2.05, 4.69) is 9.80 Å². The van der Waals surface area contributed by atoms with Crippen LogP contribution in [-0.2, 0) is 6.54 Å². The molecule has 1 aliphatic rings. The maximum absolute atomic E-state index is 12.0. The molecule has 1 aliphatic heterocycles. The van der Waals surface area contributed by atoms with E-state index in [9.17, 15) is 14.9 Å². The highest BCUT2D eigenvalue weighted by molar-refractivity contribution is 5.94. The molecule has 2 aromatic rings. The minimum Gasteiger partial charge on any atom is -0.461 e. The summed E-state index contributed by atoms with van der Waals surface area (Å²) >= 11 is 0. The Morgan fingerprint density at radius 2 is 1.75 bits per heavy atom. The predicted molar refractivity (Wildman–Crippen MR) is 87.9 cm³/mol. The molecule has 1 fully saturated rings. The van der Waals surface area contributed by atoms with E-state index in [-0.39, 0.29) is 11.5 Å². The zero-order valence-corrected chi connectivity index (χ0v) is 13.3. The summed E-state index contributed by atoms with van der Waals surface area (Å²) in [4.78, 5) is 26.7. The quantitative estimate of drug-likeness (QED) is 0.459. The van der Waals surface area contributed by atoms with Crippen LogP contribution >= 0.6 is 0 Å². The molecule has 24 heavy (non-hydrogen) atoms. The zero-order chi connectivity index (χ0) is 16.9. The first kappa shape index (κ1) is 16.4. The monoisotopic (exact) mass is 329 g/mol. The Hall–Kier alpha value is -2.51. The third-order valence-electron chi connectivity index (χ3n) is 4.18. The van der Waals surface area contributed by atoms with Crippen molar-refractivity contribution in [1.82, 2.24) is 9.80 Å². The number of Topliss-reactive ketones (excluding diaryl/α,β-unsaturated/α-hetero) is 1. The number of carbonyl (C=O) groups excluding carboxylic acids is 1. The summed E-state index contributed by atoms with van der Waals surface area (Å²) in [7, 11) is 0. The maximum Gasteiger partial charge on any atom is 0.269 e. The number of piperazine rings is 1. The second-order valence-electron chi connectivity index (χ2n) is 5.88. The first-order valence-corrected chi connectivity index (χ1v) is 7.86. The average molecular weight is 329 g/mol. The molecule has 1 saturated heterocycles. The molecule has 126 valence electrons. The van der Waals surface area contributed by atoms with Gasteiger partial charge in [-0.2, -0.15) is 0 Å². The molecule has 0 radical (unpaired) electrons. The van der Waals surface area contributed by atoms with Gasteiger partial charge in [0.25, 0.3) is 5.69 Å². The van der Waals surface area contributed by atoms with Crippen LogP contribution in [0.25, 0.3) is 0 Å². The van der Waals surface area contributed by atoms with E-state index >= 15 is 0 Å². The van der Waals surface area contributed by atoms with Gasteiger partial charge in [0.15, 0.2) is 5.76 Å². The highest BCUT2D eigenvalue weighted by Crippen LogP contribution is 2.14. The van der Waals surface area contributed by atoms with E-state index in [0.29, 0.717) is 12.3 Å². The molecule has 0 unspecified atom stereocenters. The SMILES string of the molecule is O=C(CN1CCN(Cc2ccc([N+](=O)[O-])cc2)CC1)c1ccco1. The van der Waals surface area contributed by atoms with Crippen LogP contribution in [0.4, 0.5) is 5.69 Å². The molecular formula is C17H19N3O4. The molecule has 7 nitrogen and oxygen atoms in total. The lowest BCUT2D eigenvalue weighted by atomic mass is 10.1. The van der Waals surface area contributed by atoms with Gasteiger partial charge in [0, 0.05) is 44.9 Å².